The second-order valence-electron chi connectivity index (χ2n) is 8.90. The Kier molecular flexibility index (Phi) is 6.88. The number of amides is 1. The number of esters is 1. The highest BCUT2D eigenvalue weighted by Crippen LogP contribution is 2.52. The number of aromatic nitrogens is 1. The minimum atomic E-state index is -4.60. The smallest absolute Gasteiger partial charge is 0.442 e. The number of carbonyl (C=O) groups excluding carboxylic acids is 2. The number of alkyl halides is 3. The number of nitrogens with zero attached hydrogens (tertiary/aromatic N) is 2. The Morgan fingerprint density at radius 3 is 2.53 bits per heavy atom. The average molecular weight is 501 g/mol. The molecule has 2 aliphatic heterocycles. The normalized spacial score (nSPS) is 21.5. The van der Waals surface area contributed by atoms with Crippen LogP contribution in [0.1, 0.15) is 53.6 Å². The zero-order valence-electron chi connectivity index (χ0n) is 20.0. The third kappa shape index (κ3) is 4.72. The second-order valence-corrected chi connectivity index (χ2v) is 8.90. The minimum absolute atomic E-state index is 0.0499. The third-order valence-electron chi connectivity index (χ3n) is 6.70. The van der Waals surface area contributed by atoms with Crippen LogP contribution in [0, 0.1) is 12.8 Å². The molecular formula is C26H27F3N4O3. The molecule has 1 amide bonds. The van der Waals surface area contributed by atoms with Crippen LogP contribution >= 0.6 is 0 Å². The van der Waals surface area contributed by atoms with E-state index in [0.29, 0.717) is 18.5 Å². The number of benzene rings is 1. The van der Waals surface area contributed by atoms with E-state index in [0.717, 1.165) is 22.4 Å². The lowest BCUT2D eigenvalue weighted by Gasteiger charge is -2.19. The number of ether oxygens (including phenoxy) is 1. The fourth-order valence-corrected chi connectivity index (χ4v) is 4.59. The Morgan fingerprint density at radius 2 is 1.94 bits per heavy atom. The Balaban J connectivity index is 1.57. The summed E-state index contributed by atoms with van der Waals surface area (Å²) < 4.78 is 45.1. The van der Waals surface area contributed by atoms with Crippen molar-refractivity contribution in [1.82, 2.24) is 10.3 Å². The quantitative estimate of drug-likeness (QED) is 0.354. The summed E-state index contributed by atoms with van der Waals surface area (Å²) in [5, 5.41) is 9.45. The molecule has 0 saturated carbocycles. The van der Waals surface area contributed by atoms with E-state index in [2.05, 4.69) is 27.1 Å². The molecule has 1 fully saturated rings. The molecule has 36 heavy (non-hydrogen) atoms. The number of aromatic amines is 1. The highest BCUT2D eigenvalue weighted by molar-refractivity contribution is 5.87. The van der Waals surface area contributed by atoms with Crippen molar-refractivity contribution in [2.24, 2.45) is 16.1 Å². The summed E-state index contributed by atoms with van der Waals surface area (Å²) in [4.78, 5) is 27.7. The van der Waals surface area contributed by atoms with Crippen molar-refractivity contribution in [2.45, 2.75) is 50.9 Å². The van der Waals surface area contributed by atoms with Gasteiger partial charge in [-0.3, -0.25) is 9.59 Å². The van der Waals surface area contributed by atoms with Crippen LogP contribution in [0.3, 0.4) is 0 Å². The van der Waals surface area contributed by atoms with Crippen molar-refractivity contribution in [3.05, 3.63) is 76.8 Å². The largest absolute Gasteiger partial charge is 0.461 e. The van der Waals surface area contributed by atoms with Crippen molar-refractivity contribution < 1.29 is 27.5 Å². The van der Waals surface area contributed by atoms with Gasteiger partial charge in [-0.2, -0.15) is 13.2 Å². The lowest BCUT2D eigenvalue weighted by atomic mass is 9.83. The van der Waals surface area contributed by atoms with Gasteiger partial charge in [-0.05, 0) is 42.5 Å². The van der Waals surface area contributed by atoms with Gasteiger partial charge < -0.3 is 15.0 Å². The molecule has 0 bridgehead atoms. The fourth-order valence-electron chi connectivity index (χ4n) is 4.59. The predicted octanol–water partition coefficient (Wildman–Crippen LogP) is 5.45. The van der Waals surface area contributed by atoms with Crippen molar-refractivity contribution >= 4 is 18.0 Å². The Hall–Kier alpha value is -3.69. The highest BCUT2D eigenvalue weighted by atomic mass is 19.4. The van der Waals surface area contributed by atoms with Gasteiger partial charge in [0.05, 0.1) is 5.92 Å². The summed E-state index contributed by atoms with van der Waals surface area (Å²) in [6, 6.07) is 5.96. The maximum atomic E-state index is 13.4. The molecule has 1 aromatic heterocycles. The van der Waals surface area contributed by atoms with Crippen LogP contribution in [-0.2, 0) is 26.4 Å². The molecule has 3 heterocycles. The minimum Gasteiger partial charge on any atom is -0.461 e. The van der Waals surface area contributed by atoms with E-state index in [1.807, 2.05) is 26.1 Å². The number of halogens is 3. The zero-order chi connectivity index (χ0) is 26.1. The molecule has 0 aliphatic carbocycles. The second kappa shape index (κ2) is 9.75. The van der Waals surface area contributed by atoms with Crippen molar-refractivity contribution in [3.8, 4) is 0 Å². The molecule has 2 aromatic rings. The lowest BCUT2D eigenvalue weighted by molar-refractivity contribution is -0.166. The summed E-state index contributed by atoms with van der Waals surface area (Å²) in [6.07, 6.45) is 1.87. The number of hydrogen-bond acceptors (Lipinski definition) is 5. The Labute approximate surface area is 206 Å². The predicted molar refractivity (Wildman–Crippen MR) is 127 cm³/mol. The van der Waals surface area contributed by atoms with E-state index in [1.165, 1.54) is 18.2 Å². The molecule has 10 heteroatoms. The molecule has 7 nitrogen and oxygen atoms in total. The molecule has 1 aromatic carbocycles. The number of carbonyl (C=O) groups is 2. The fraction of sp³-hybridized carbons (Fsp3) is 0.385. The van der Waals surface area contributed by atoms with Crippen LogP contribution in [0.4, 0.5) is 13.2 Å². The monoisotopic (exact) mass is 500 g/mol. The molecule has 190 valence electrons. The molecule has 1 saturated heterocycles. The first-order chi connectivity index (χ1) is 17.1. The van der Waals surface area contributed by atoms with Gasteiger partial charge in [0.1, 0.15) is 6.61 Å². The first-order valence-electron chi connectivity index (χ1n) is 11.7. The van der Waals surface area contributed by atoms with Crippen molar-refractivity contribution in [3.63, 3.8) is 0 Å². The number of allylic oxidation sites excluding steroid dienone is 1. The van der Waals surface area contributed by atoms with Gasteiger partial charge in [0.2, 0.25) is 5.91 Å². The highest BCUT2D eigenvalue weighted by Gasteiger charge is 2.65. The first-order valence-corrected chi connectivity index (χ1v) is 11.7. The first kappa shape index (κ1) is 25.4. The molecular weight excluding hydrogens is 473 g/mol. The lowest BCUT2D eigenvalue weighted by Crippen LogP contribution is -2.30. The van der Waals surface area contributed by atoms with Crippen LogP contribution < -0.4 is 5.32 Å². The van der Waals surface area contributed by atoms with Crippen LogP contribution in [0.25, 0.3) is 6.08 Å². The van der Waals surface area contributed by atoms with E-state index in [9.17, 15) is 22.8 Å². The van der Waals surface area contributed by atoms with Crippen molar-refractivity contribution in [2.75, 3.05) is 6.61 Å². The van der Waals surface area contributed by atoms with Crippen LogP contribution in [-0.4, -0.2) is 29.6 Å². The number of hydrogen-bond donors (Lipinski definition) is 2. The summed E-state index contributed by atoms with van der Waals surface area (Å²) >= 11 is 0. The average Bonchev–Trinajstić information content (AvgIpc) is 3.52. The number of H-pyrrole nitrogens is 1. The Bertz CT molecular complexity index is 1220. The van der Waals surface area contributed by atoms with Gasteiger partial charge in [0, 0.05) is 35.5 Å². The van der Waals surface area contributed by atoms with E-state index >= 15 is 0 Å². The standard InChI is InChI=1S/C26H27F3N4O3/c1-4-12-36-22(34)11-8-17-14-30-20(15(17)3)13-21-23(19(5-2)24(35)31-21)16-6-9-18(10-7-16)25(32-33-25)26(27,28)29/h4,6-7,9-10,13-14,19,23,30H,1,5,8,11-12H2,2-3H3,(H,31,35)/b21-13-. The Morgan fingerprint density at radius 1 is 1.25 bits per heavy atom. The molecule has 2 atom stereocenters. The van der Waals surface area contributed by atoms with E-state index in [1.54, 1.807) is 12.1 Å². The molecule has 2 N–H and O–H groups in total. The van der Waals surface area contributed by atoms with Gasteiger partial charge in [-0.1, -0.05) is 43.8 Å². The van der Waals surface area contributed by atoms with E-state index < -0.39 is 11.8 Å². The number of aryl methyl sites for hydroxylation is 1. The van der Waals surface area contributed by atoms with Gasteiger partial charge in [-0.15, -0.1) is 10.2 Å². The zero-order valence-corrected chi connectivity index (χ0v) is 20.0. The molecule has 2 unspecified atom stereocenters. The topological polar surface area (TPSA) is 95.9 Å². The maximum absolute atomic E-state index is 13.4. The van der Waals surface area contributed by atoms with Gasteiger partial charge in [-0.25, -0.2) is 0 Å². The summed E-state index contributed by atoms with van der Waals surface area (Å²) in [6.45, 7) is 7.51. The van der Waals surface area contributed by atoms with Gasteiger partial charge in [0.15, 0.2) is 0 Å². The summed E-state index contributed by atoms with van der Waals surface area (Å²) in [5.41, 5.74) is 1.52. The van der Waals surface area contributed by atoms with Crippen LogP contribution in [0.5, 0.6) is 0 Å². The van der Waals surface area contributed by atoms with Gasteiger partial charge >= 0.3 is 17.8 Å². The summed E-state index contributed by atoms with van der Waals surface area (Å²) in [5.74, 6) is -1.15. The van der Waals surface area contributed by atoms with Crippen molar-refractivity contribution in [1.29, 1.82) is 0 Å². The summed E-state index contributed by atoms with van der Waals surface area (Å²) in [7, 11) is 0. The van der Waals surface area contributed by atoms with E-state index in [4.69, 9.17) is 4.74 Å². The third-order valence-corrected chi connectivity index (χ3v) is 6.70. The van der Waals surface area contributed by atoms with E-state index in [-0.39, 0.29) is 42.3 Å². The maximum Gasteiger partial charge on any atom is 0.442 e. The van der Waals surface area contributed by atoms with Crippen LogP contribution in [0.15, 0.2) is 59.0 Å². The number of nitrogens with one attached hydrogen (secondary N) is 2. The van der Waals surface area contributed by atoms with Crippen LogP contribution in [0.2, 0.25) is 0 Å². The van der Waals surface area contributed by atoms with Gasteiger partial charge in [0.25, 0.3) is 0 Å². The number of rotatable bonds is 9. The molecule has 0 spiro atoms. The molecule has 0 radical (unpaired) electrons. The molecule has 4 rings (SSSR count). The SMILES string of the molecule is C=CCOC(=O)CCc1c[nH]c(/C=C2\NC(=O)C(CC)C2c2ccc(C3(C(F)(F)F)N=N3)cc2)c1C. The molecule has 2 aliphatic rings.